The topological polar surface area (TPSA) is 64.9 Å². The Balaban J connectivity index is 1.26. The third-order valence-corrected chi connectivity index (χ3v) is 6.00. The minimum atomic E-state index is -0.0944. The monoisotopic (exact) mass is 455 g/mol. The number of amides is 1. The van der Waals surface area contributed by atoms with E-state index in [4.69, 9.17) is 14.5 Å². The molecule has 0 saturated heterocycles. The van der Waals surface area contributed by atoms with E-state index >= 15 is 0 Å². The number of nitrogens with zero attached hydrogens (tertiary/aromatic N) is 2. The van der Waals surface area contributed by atoms with Crippen LogP contribution in [-0.2, 0) is 11.2 Å². The van der Waals surface area contributed by atoms with Crippen LogP contribution in [0.4, 0.5) is 5.69 Å². The first-order valence-corrected chi connectivity index (χ1v) is 11.3. The molecule has 0 atom stereocenters. The van der Waals surface area contributed by atoms with Crippen molar-refractivity contribution >= 4 is 27.9 Å². The molecule has 2 heterocycles. The summed E-state index contributed by atoms with van der Waals surface area (Å²) in [7, 11) is 1.64. The maximum atomic E-state index is 12.7. The van der Waals surface area contributed by atoms with Gasteiger partial charge in [0.05, 0.1) is 19.2 Å². The maximum absolute atomic E-state index is 12.7. The molecular formula is C26H21N3O3S. The van der Waals surface area contributed by atoms with Gasteiger partial charge in [0.2, 0.25) is 5.91 Å². The molecule has 0 saturated carbocycles. The van der Waals surface area contributed by atoms with E-state index in [1.165, 1.54) is 11.3 Å². The average molecular weight is 456 g/mol. The summed E-state index contributed by atoms with van der Waals surface area (Å²) in [6, 6.07) is 24.7. The first kappa shape index (κ1) is 20.8. The van der Waals surface area contributed by atoms with Gasteiger partial charge in [0.15, 0.2) is 4.96 Å². The Morgan fingerprint density at radius 1 is 0.970 bits per heavy atom. The van der Waals surface area contributed by atoms with Gasteiger partial charge >= 0.3 is 0 Å². The summed E-state index contributed by atoms with van der Waals surface area (Å²) < 4.78 is 13.1. The quantitative estimate of drug-likeness (QED) is 0.325. The molecule has 0 aliphatic heterocycles. The molecule has 0 spiro atoms. The van der Waals surface area contributed by atoms with E-state index in [-0.39, 0.29) is 12.3 Å². The van der Waals surface area contributed by atoms with Crippen LogP contribution in [0, 0.1) is 0 Å². The number of benzene rings is 3. The highest BCUT2D eigenvalue weighted by Crippen LogP contribution is 2.27. The van der Waals surface area contributed by atoms with Crippen LogP contribution in [0.5, 0.6) is 17.2 Å². The van der Waals surface area contributed by atoms with Crippen LogP contribution in [0.25, 0.3) is 16.2 Å². The third-order valence-electron chi connectivity index (χ3n) is 5.11. The minimum absolute atomic E-state index is 0.0944. The van der Waals surface area contributed by atoms with E-state index in [9.17, 15) is 4.79 Å². The smallest absolute Gasteiger partial charge is 0.230 e. The van der Waals surface area contributed by atoms with Crippen LogP contribution in [0.3, 0.4) is 0 Å². The molecule has 5 rings (SSSR count). The first-order valence-electron chi connectivity index (χ1n) is 10.4. The number of fused-ring (bicyclic) bond motifs is 1. The summed E-state index contributed by atoms with van der Waals surface area (Å²) in [5.41, 5.74) is 3.42. The lowest BCUT2D eigenvalue weighted by Gasteiger charge is -2.08. The van der Waals surface area contributed by atoms with Crippen LogP contribution in [-0.4, -0.2) is 22.4 Å². The fourth-order valence-corrected chi connectivity index (χ4v) is 4.35. The number of para-hydroxylation sites is 1. The second kappa shape index (κ2) is 9.18. The second-order valence-electron chi connectivity index (χ2n) is 7.40. The van der Waals surface area contributed by atoms with Crippen LogP contribution in [0.1, 0.15) is 5.69 Å². The Bertz CT molecular complexity index is 1390. The van der Waals surface area contributed by atoms with Crippen LogP contribution < -0.4 is 14.8 Å². The lowest BCUT2D eigenvalue weighted by atomic mass is 10.1. The van der Waals surface area contributed by atoms with Crippen LogP contribution in [0.2, 0.25) is 0 Å². The molecule has 0 aliphatic rings. The summed E-state index contributed by atoms with van der Waals surface area (Å²) >= 11 is 1.51. The van der Waals surface area contributed by atoms with Crippen molar-refractivity contribution < 1.29 is 14.3 Å². The minimum Gasteiger partial charge on any atom is -0.497 e. The second-order valence-corrected chi connectivity index (χ2v) is 8.24. The number of imidazole rings is 1. The zero-order valence-corrected chi connectivity index (χ0v) is 18.7. The number of carbonyl (C=O) groups is 1. The van der Waals surface area contributed by atoms with E-state index in [1.807, 2.05) is 94.8 Å². The maximum Gasteiger partial charge on any atom is 0.230 e. The number of nitrogens with one attached hydrogen (secondary N) is 1. The molecule has 0 bridgehead atoms. The van der Waals surface area contributed by atoms with E-state index in [0.29, 0.717) is 5.75 Å². The van der Waals surface area contributed by atoms with Crippen molar-refractivity contribution in [2.45, 2.75) is 6.42 Å². The highest BCUT2D eigenvalue weighted by Gasteiger charge is 2.13. The predicted molar refractivity (Wildman–Crippen MR) is 130 cm³/mol. The van der Waals surface area contributed by atoms with E-state index in [1.54, 1.807) is 7.11 Å². The highest BCUT2D eigenvalue weighted by molar-refractivity contribution is 7.15. The Morgan fingerprint density at radius 3 is 2.52 bits per heavy atom. The molecule has 164 valence electrons. The fourth-order valence-electron chi connectivity index (χ4n) is 3.48. The van der Waals surface area contributed by atoms with Crippen molar-refractivity contribution in [3.63, 3.8) is 0 Å². The molecule has 0 aliphatic carbocycles. The zero-order chi connectivity index (χ0) is 22.6. The van der Waals surface area contributed by atoms with Gasteiger partial charge < -0.3 is 14.8 Å². The number of methoxy groups -OCH3 is 1. The van der Waals surface area contributed by atoms with E-state index in [0.717, 1.165) is 39.1 Å². The highest BCUT2D eigenvalue weighted by atomic mass is 32.1. The summed E-state index contributed by atoms with van der Waals surface area (Å²) in [5, 5.41) is 4.92. The molecule has 33 heavy (non-hydrogen) atoms. The number of carbonyl (C=O) groups excluding carboxylic acids is 1. The van der Waals surface area contributed by atoms with Gasteiger partial charge in [-0.3, -0.25) is 9.20 Å². The lowest BCUT2D eigenvalue weighted by Crippen LogP contribution is -2.15. The van der Waals surface area contributed by atoms with Crippen LogP contribution in [0.15, 0.2) is 90.4 Å². The molecule has 0 fully saturated rings. The largest absolute Gasteiger partial charge is 0.497 e. The predicted octanol–water partition coefficient (Wildman–Crippen LogP) is 6.04. The first-order chi connectivity index (χ1) is 16.2. The van der Waals surface area contributed by atoms with Gasteiger partial charge in [-0.25, -0.2) is 4.98 Å². The molecule has 3 aromatic carbocycles. The number of hydrogen-bond donors (Lipinski definition) is 1. The van der Waals surface area contributed by atoms with Crippen molar-refractivity contribution in [1.82, 2.24) is 9.38 Å². The molecule has 6 nitrogen and oxygen atoms in total. The van der Waals surface area contributed by atoms with Crippen molar-refractivity contribution in [3.8, 4) is 28.5 Å². The molecule has 0 unspecified atom stereocenters. The summed E-state index contributed by atoms with van der Waals surface area (Å²) in [4.78, 5) is 18.2. The average Bonchev–Trinajstić information content (AvgIpc) is 3.43. The Morgan fingerprint density at radius 2 is 1.73 bits per heavy atom. The molecule has 1 N–H and O–H groups in total. The molecule has 2 aromatic heterocycles. The summed E-state index contributed by atoms with van der Waals surface area (Å²) in [5.74, 6) is 2.17. The molecule has 0 radical (unpaired) electrons. The zero-order valence-electron chi connectivity index (χ0n) is 17.9. The third kappa shape index (κ3) is 4.73. The van der Waals surface area contributed by atoms with Gasteiger partial charge in [0.1, 0.15) is 17.2 Å². The van der Waals surface area contributed by atoms with E-state index < -0.39 is 0 Å². The summed E-state index contributed by atoms with van der Waals surface area (Å²) in [6.07, 6.45) is 2.20. The van der Waals surface area contributed by atoms with Gasteiger partial charge in [-0.1, -0.05) is 30.3 Å². The molecule has 7 heteroatoms. The number of ether oxygens (including phenoxy) is 2. The number of rotatable bonds is 7. The fraction of sp³-hybridized carbons (Fsp3) is 0.0769. The Kier molecular flexibility index (Phi) is 5.78. The van der Waals surface area contributed by atoms with Gasteiger partial charge in [0, 0.05) is 28.5 Å². The SMILES string of the molecule is COc1cccc(-c2cn3c(CC(=O)Nc4ccc(Oc5ccccc5)cc4)csc3n2)c1. The number of hydrogen-bond acceptors (Lipinski definition) is 5. The van der Waals surface area contributed by atoms with Gasteiger partial charge in [-0.15, -0.1) is 11.3 Å². The van der Waals surface area contributed by atoms with Crippen molar-refractivity contribution in [2.24, 2.45) is 0 Å². The molecular weight excluding hydrogens is 434 g/mol. The van der Waals surface area contributed by atoms with Crippen molar-refractivity contribution in [1.29, 1.82) is 0 Å². The van der Waals surface area contributed by atoms with Crippen molar-refractivity contribution in [2.75, 3.05) is 12.4 Å². The standard InChI is InChI=1S/C26H21N3O3S/c1-31-23-9-5-6-18(14-23)24-16-29-20(17-33-26(29)28-24)15-25(30)27-19-10-12-22(13-11-19)32-21-7-3-2-4-8-21/h2-14,16-17H,15H2,1H3,(H,27,30). The number of anilines is 1. The number of aromatic nitrogens is 2. The Hall–Kier alpha value is -4.10. The van der Waals surface area contributed by atoms with Gasteiger partial charge in [-0.05, 0) is 48.5 Å². The molecule has 1 amide bonds. The normalized spacial score (nSPS) is 10.8. The van der Waals surface area contributed by atoms with Gasteiger partial charge in [-0.2, -0.15) is 0 Å². The van der Waals surface area contributed by atoms with Gasteiger partial charge in [0.25, 0.3) is 0 Å². The lowest BCUT2D eigenvalue weighted by molar-refractivity contribution is -0.115. The summed E-state index contributed by atoms with van der Waals surface area (Å²) in [6.45, 7) is 0. The molecule has 5 aromatic rings. The number of thiazole rings is 1. The van der Waals surface area contributed by atoms with Crippen LogP contribution >= 0.6 is 11.3 Å². The van der Waals surface area contributed by atoms with Crippen molar-refractivity contribution in [3.05, 3.63) is 96.1 Å². The van der Waals surface area contributed by atoms with E-state index in [2.05, 4.69) is 5.32 Å². The Labute approximate surface area is 195 Å².